The van der Waals surface area contributed by atoms with Gasteiger partial charge in [0.25, 0.3) is 0 Å². The number of nitrogens with one attached hydrogen (secondary N) is 1. The van der Waals surface area contributed by atoms with Crippen molar-refractivity contribution in [3.05, 3.63) is 0 Å². The fourth-order valence-electron chi connectivity index (χ4n) is 2.69. The Balaban J connectivity index is 2.43. The van der Waals surface area contributed by atoms with E-state index in [0.717, 1.165) is 13.0 Å². The van der Waals surface area contributed by atoms with Crippen molar-refractivity contribution in [1.29, 1.82) is 0 Å². The molecule has 0 saturated heterocycles. The van der Waals surface area contributed by atoms with E-state index in [1.807, 2.05) is 0 Å². The minimum atomic E-state index is 0.197. The number of hydrogen-bond donors (Lipinski definition) is 1. The van der Waals surface area contributed by atoms with Crippen molar-refractivity contribution in [2.45, 2.75) is 65.2 Å². The van der Waals surface area contributed by atoms with Crippen LogP contribution in [0.4, 0.5) is 0 Å². The molecule has 0 aromatic carbocycles. The molecule has 0 aromatic heterocycles. The monoisotopic (exact) mass is 243 g/mol. The summed E-state index contributed by atoms with van der Waals surface area (Å²) in [4.78, 5) is 0. The van der Waals surface area contributed by atoms with Crippen molar-refractivity contribution in [2.24, 2.45) is 5.41 Å². The predicted molar refractivity (Wildman–Crippen MR) is 71.3 cm³/mol. The summed E-state index contributed by atoms with van der Waals surface area (Å²) in [5, 5.41) is 3.63. The molecule has 1 fully saturated rings. The van der Waals surface area contributed by atoms with Crippen LogP contribution in [0.5, 0.6) is 0 Å². The van der Waals surface area contributed by atoms with Crippen LogP contribution in [0.1, 0.15) is 47.0 Å². The number of rotatable bonds is 8. The molecule has 4 unspecified atom stereocenters. The van der Waals surface area contributed by atoms with Gasteiger partial charge in [-0.15, -0.1) is 0 Å². The SMILES string of the molecule is CCCNC1CC(OC(C)COC)C1(C)CC. The molecule has 3 heteroatoms. The van der Waals surface area contributed by atoms with Crippen molar-refractivity contribution >= 4 is 0 Å². The van der Waals surface area contributed by atoms with Crippen LogP contribution in [0, 0.1) is 5.41 Å². The van der Waals surface area contributed by atoms with Crippen molar-refractivity contribution in [3.8, 4) is 0 Å². The highest BCUT2D eigenvalue weighted by molar-refractivity contribution is 5.04. The maximum absolute atomic E-state index is 6.08. The Morgan fingerprint density at radius 2 is 2.12 bits per heavy atom. The molecule has 0 aliphatic heterocycles. The average Bonchev–Trinajstić information content (AvgIpc) is 2.32. The molecular weight excluding hydrogens is 214 g/mol. The zero-order valence-corrected chi connectivity index (χ0v) is 12.1. The second-order valence-electron chi connectivity index (χ2n) is 5.49. The molecule has 102 valence electrons. The third-order valence-corrected chi connectivity index (χ3v) is 4.18. The van der Waals surface area contributed by atoms with E-state index in [4.69, 9.17) is 9.47 Å². The van der Waals surface area contributed by atoms with E-state index in [1.54, 1.807) is 7.11 Å². The highest BCUT2D eigenvalue weighted by Crippen LogP contribution is 2.46. The van der Waals surface area contributed by atoms with Crippen LogP contribution < -0.4 is 5.32 Å². The van der Waals surface area contributed by atoms with Crippen LogP contribution in [-0.4, -0.2) is 38.5 Å². The molecule has 1 aliphatic carbocycles. The van der Waals surface area contributed by atoms with Gasteiger partial charge in [0, 0.05) is 18.6 Å². The van der Waals surface area contributed by atoms with Crippen molar-refractivity contribution in [1.82, 2.24) is 5.32 Å². The first-order valence-corrected chi connectivity index (χ1v) is 6.96. The third kappa shape index (κ3) is 3.43. The van der Waals surface area contributed by atoms with Crippen LogP contribution in [0.3, 0.4) is 0 Å². The molecule has 3 nitrogen and oxygen atoms in total. The Kier molecular flexibility index (Phi) is 5.90. The number of hydrogen-bond acceptors (Lipinski definition) is 3. The fourth-order valence-corrected chi connectivity index (χ4v) is 2.69. The topological polar surface area (TPSA) is 30.5 Å². The van der Waals surface area contributed by atoms with Gasteiger partial charge in [-0.25, -0.2) is 0 Å². The first-order chi connectivity index (χ1) is 8.08. The summed E-state index contributed by atoms with van der Waals surface area (Å²) in [6.07, 6.45) is 4.08. The molecule has 0 amide bonds. The van der Waals surface area contributed by atoms with Crippen LogP contribution in [0.25, 0.3) is 0 Å². The van der Waals surface area contributed by atoms with Crippen molar-refractivity contribution in [2.75, 3.05) is 20.3 Å². The van der Waals surface area contributed by atoms with Gasteiger partial charge < -0.3 is 14.8 Å². The summed E-state index contributed by atoms with van der Waals surface area (Å²) in [5.74, 6) is 0. The minimum Gasteiger partial charge on any atom is -0.382 e. The molecule has 4 atom stereocenters. The molecule has 0 spiro atoms. The molecule has 0 radical (unpaired) electrons. The predicted octanol–water partition coefficient (Wildman–Crippen LogP) is 2.59. The Bertz CT molecular complexity index is 222. The molecule has 17 heavy (non-hydrogen) atoms. The lowest BCUT2D eigenvalue weighted by Gasteiger charge is -2.54. The molecule has 1 rings (SSSR count). The van der Waals surface area contributed by atoms with Gasteiger partial charge in [0.2, 0.25) is 0 Å². The van der Waals surface area contributed by atoms with E-state index in [0.29, 0.717) is 18.8 Å². The van der Waals surface area contributed by atoms with Crippen LogP contribution >= 0.6 is 0 Å². The van der Waals surface area contributed by atoms with E-state index < -0.39 is 0 Å². The quantitative estimate of drug-likeness (QED) is 0.711. The lowest BCUT2D eigenvalue weighted by atomic mass is 9.61. The second-order valence-corrected chi connectivity index (χ2v) is 5.49. The lowest BCUT2D eigenvalue weighted by molar-refractivity contribution is -0.162. The average molecular weight is 243 g/mol. The lowest BCUT2D eigenvalue weighted by Crippen LogP contribution is -2.62. The van der Waals surface area contributed by atoms with Gasteiger partial charge in [0.05, 0.1) is 18.8 Å². The standard InChI is InChI=1S/C14H29NO2/c1-6-8-15-12-9-13(14(12,4)7-2)17-11(3)10-16-5/h11-13,15H,6-10H2,1-5H3. The van der Waals surface area contributed by atoms with Crippen molar-refractivity contribution in [3.63, 3.8) is 0 Å². The van der Waals surface area contributed by atoms with E-state index in [2.05, 4.69) is 33.0 Å². The van der Waals surface area contributed by atoms with E-state index in [9.17, 15) is 0 Å². The van der Waals surface area contributed by atoms with Gasteiger partial charge in [-0.2, -0.15) is 0 Å². The van der Waals surface area contributed by atoms with Crippen LogP contribution in [0.2, 0.25) is 0 Å². The largest absolute Gasteiger partial charge is 0.382 e. The Morgan fingerprint density at radius 3 is 2.65 bits per heavy atom. The minimum absolute atomic E-state index is 0.197. The van der Waals surface area contributed by atoms with Gasteiger partial charge in [0.15, 0.2) is 0 Å². The zero-order valence-electron chi connectivity index (χ0n) is 12.1. The number of ether oxygens (including phenoxy) is 2. The Hall–Kier alpha value is -0.120. The first-order valence-electron chi connectivity index (χ1n) is 6.96. The normalized spacial score (nSPS) is 34.4. The van der Waals surface area contributed by atoms with Gasteiger partial charge in [0.1, 0.15) is 0 Å². The van der Waals surface area contributed by atoms with E-state index >= 15 is 0 Å². The summed E-state index contributed by atoms with van der Waals surface area (Å²) < 4.78 is 11.2. The Morgan fingerprint density at radius 1 is 1.41 bits per heavy atom. The molecular formula is C14H29NO2. The van der Waals surface area contributed by atoms with Gasteiger partial charge >= 0.3 is 0 Å². The molecule has 0 bridgehead atoms. The van der Waals surface area contributed by atoms with Crippen LogP contribution in [0.15, 0.2) is 0 Å². The summed E-state index contributed by atoms with van der Waals surface area (Å²) in [6, 6.07) is 0.618. The second kappa shape index (κ2) is 6.72. The zero-order chi connectivity index (χ0) is 12.9. The highest BCUT2D eigenvalue weighted by atomic mass is 16.5. The van der Waals surface area contributed by atoms with E-state index in [-0.39, 0.29) is 11.5 Å². The molecule has 1 aliphatic rings. The Labute approximate surface area is 106 Å². The maximum Gasteiger partial charge on any atom is 0.0784 e. The van der Waals surface area contributed by atoms with Crippen LogP contribution in [-0.2, 0) is 9.47 Å². The summed E-state index contributed by atoms with van der Waals surface area (Å²) in [6.45, 7) is 10.7. The first kappa shape index (κ1) is 14.9. The molecule has 1 N–H and O–H groups in total. The van der Waals surface area contributed by atoms with Gasteiger partial charge in [-0.1, -0.05) is 20.8 Å². The van der Waals surface area contributed by atoms with Gasteiger partial charge in [-0.05, 0) is 32.7 Å². The summed E-state index contributed by atoms with van der Waals surface area (Å²) in [5.41, 5.74) is 0.289. The number of methoxy groups -OCH3 is 1. The molecule has 0 aromatic rings. The highest BCUT2D eigenvalue weighted by Gasteiger charge is 2.51. The third-order valence-electron chi connectivity index (χ3n) is 4.18. The molecule has 1 saturated carbocycles. The molecule has 0 heterocycles. The summed E-state index contributed by atoms with van der Waals surface area (Å²) in [7, 11) is 1.73. The van der Waals surface area contributed by atoms with E-state index in [1.165, 1.54) is 12.8 Å². The summed E-state index contributed by atoms with van der Waals surface area (Å²) >= 11 is 0. The van der Waals surface area contributed by atoms with Gasteiger partial charge in [-0.3, -0.25) is 0 Å². The maximum atomic E-state index is 6.08. The van der Waals surface area contributed by atoms with Crippen molar-refractivity contribution < 1.29 is 9.47 Å². The fraction of sp³-hybridized carbons (Fsp3) is 1.00. The smallest absolute Gasteiger partial charge is 0.0784 e.